The minimum atomic E-state index is -0.313. The highest BCUT2D eigenvalue weighted by molar-refractivity contribution is 6.04. The van der Waals surface area contributed by atoms with Gasteiger partial charge in [-0.15, -0.1) is 5.10 Å². The lowest BCUT2D eigenvalue weighted by Crippen LogP contribution is -2.11. The molecule has 196 valence electrons. The Bertz CT molecular complexity index is 1550. The van der Waals surface area contributed by atoms with E-state index in [9.17, 15) is 9.18 Å². The van der Waals surface area contributed by atoms with E-state index < -0.39 is 0 Å². The molecular formula is C30H25FN4O4. The second kappa shape index (κ2) is 11.5. The van der Waals surface area contributed by atoms with E-state index in [2.05, 4.69) is 15.4 Å². The molecule has 0 saturated carbocycles. The van der Waals surface area contributed by atoms with Crippen LogP contribution in [0, 0.1) is 5.82 Å². The molecule has 1 aromatic heterocycles. The maximum atomic E-state index is 13.2. The maximum absolute atomic E-state index is 13.2. The van der Waals surface area contributed by atoms with Crippen molar-refractivity contribution in [3.05, 3.63) is 114 Å². The molecule has 0 unspecified atom stereocenters. The summed E-state index contributed by atoms with van der Waals surface area (Å²) in [4.78, 5) is 17.2. The summed E-state index contributed by atoms with van der Waals surface area (Å²) in [6.45, 7) is 0.183. The SMILES string of the molecule is COc1ccc(C(=O)Nc2ccc(-n3nc(OCc4ccc(F)cc4)nc3-c3ccc(OC)cc3)cc2)cc1. The second-order valence-corrected chi connectivity index (χ2v) is 8.50. The van der Waals surface area contributed by atoms with Crippen LogP contribution in [-0.2, 0) is 6.61 Å². The van der Waals surface area contributed by atoms with Crippen LogP contribution >= 0.6 is 0 Å². The number of amides is 1. The van der Waals surface area contributed by atoms with Crippen molar-refractivity contribution in [2.24, 2.45) is 0 Å². The molecule has 0 aliphatic carbocycles. The third kappa shape index (κ3) is 6.04. The molecule has 1 heterocycles. The fourth-order valence-corrected chi connectivity index (χ4v) is 3.82. The van der Waals surface area contributed by atoms with Gasteiger partial charge >= 0.3 is 6.01 Å². The number of aromatic nitrogens is 3. The van der Waals surface area contributed by atoms with Gasteiger partial charge in [-0.1, -0.05) is 12.1 Å². The van der Waals surface area contributed by atoms with Crippen LogP contribution < -0.4 is 19.5 Å². The molecule has 0 radical (unpaired) electrons. The van der Waals surface area contributed by atoms with E-state index in [0.29, 0.717) is 28.5 Å². The average Bonchev–Trinajstić information content (AvgIpc) is 3.41. The summed E-state index contributed by atoms with van der Waals surface area (Å²) in [6, 6.07) is 27.8. The van der Waals surface area contributed by atoms with Crippen molar-refractivity contribution in [3.63, 3.8) is 0 Å². The lowest BCUT2D eigenvalue weighted by Gasteiger charge is -2.09. The number of hydrogen-bond donors (Lipinski definition) is 1. The summed E-state index contributed by atoms with van der Waals surface area (Å²) >= 11 is 0. The van der Waals surface area contributed by atoms with Crippen molar-refractivity contribution in [1.29, 1.82) is 0 Å². The van der Waals surface area contributed by atoms with Crippen LogP contribution in [0.25, 0.3) is 17.1 Å². The molecule has 0 aliphatic rings. The van der Waals surface area contributed by atoms with E-state index in [1.807, 2.05) is 36.4 Å². The Morgan fingerprint density at radius 3 is 2.05 bits per heavy atom. The number of nitrogens with one attached hydrogen (secondary N) is 1. The lowest BCUT2D eigenvalue weighted by molar-refractivity contribution is 0.102. The predicted octanol–water partition coefficient (Wildman–Crippen LogP) is 5.92. The van der Waals surface area contributed by atoms with Gasteiger partial charge < -0.3 is 19.5 Å². The molecule has 1 amide bonds. The molecule has 0 atom stereocenters. The third-order valence-corrected chi connectivity index (χ3v) is 5.94. The van der Waals surface area contributed by atoms with Gasteiger partial charge in [0.05, 0.1) is 19.9 Å². The van der Waals surface area contributed by atoms with Gasteiger partial charge in [-0.05, 0) is 90.5 Å². The van der Waals surface area contributed by atoms with Crippen LogP contribution in [-0.4, -0.2) is 34.9 Å². The van der Waals surface area contributed by atoms with Crippen LogP contribution in [0.15, 0.2) is 97.1 Å². The highest BCUT2D eigenvalue weighted by Crippen LogP contribution is 2.27. The van der Waals surface area contributed by atoms with Crippen LogP contribution in [0.1, 0.15) is 15.9 Å². The lowest BCUT2D eigenvalue weighted by atomic mass is 10.2. The van der Waals surface area contributed by atoms with Crippen molar-refractivity contribution in [2.75, 3.05) is 19.5 Å². The summed E-state index contributed by atoms with van der Waals surface area (Å²) in [5.74, 6) is 1.40. The number of anilines is 1. The molecule has 0 aliphatic heterocycles. The summed E-state index contributed by atoms with van der Waals surface area (Å²) in [5, 5.41) is 7.46. The Balaban J connectivity index is 1.38. The topological polar surface area (TPSA) is 87.5 Å². The van der Waals surface area contributed by atoms with Crippen molar-refractivity contribution >= 4 is 11.6 Å². The molecule has 39 heavy (non-hydrogen) atoms. The van der Waals surface area contributed by atoms with Gasteiger partial charge in [0.25, 0.3) is 5.91 Å². The Morgan fingerprint density at radius 1 is 0.821 bits per heavy atom. The molecule has 0 fully saturated rings. The first-order valence-electron chi connectivity index (χ1n) is 12.1. The normalized spacial score (nSPS) is 10.6. The summed E-state index contributed by atoms with van der Waals surface area (Å²) in [7, 11) is 3.18. The fraction of sp³-hybridized carbons (Fsp3) is 0.100. The molecule has 1 N–H and O–H groups in total. The number of halogens is 1. The highest BCUT2D eigenvalue weighted by Gasteiger charge is 2.16. The zero-order valence-corrected chi connectivity index (χ0v) is 21.3. The van der Waals surface area contributed by atoms with Crippen LogP contribution in [0.4, 0.5) is 10.1 Å². The Morgan fingerprint density at radius 2 is 1.44 bits per heavy atom. The largest absolute Gasteiger partial charge is 0.497 e. The number of rotatable bonds is 9. The fourth-order valence-electron chi connectivity index (χ4n) is 3.82. The number of ether oxygens (including phenoxy) is 3. The first-order valence-corrected chi connectivity index (χ1v) is 12.1. The maximum Gasteiger partial charge on any atom is 0.336 e. The van der Waals surface area contributed by atoms with E-state index in [4.69, 9.17) is 14.2 Å². The van der Waals surface area contributed by atoms with E-state index >= 15 is 0 Å². The minimum absolute atomic E-state index is 0.169. The Hall–Kier alpha value is -5.18. The average molecular weight is 525 g/mol. The zero-order chi connectivity index (χ0) is 27.2. The summed E-state index contributed by atoms with van der Waals surface area (Å²) < 4.78 is 31.2. The Labute approximate surface area is 224 Å². The van der Waals surface area contributed by atoms with Crippen molar-refractivity contribution in [3.8, 4) is 34.6 Å². The quantitative estimate of drug-likeness (QED) is 0.258. The molecule has 5 rings (SSSR count). The first kappa shape index (κ1) is 25.5. The van der Waals surface area contributed by atoms with Gasteiger partial charge in [-0.25, -0.2) is 9.07 Å². The van der Waals surface area contributed by atoms with Crippen molar-refractivity contribution in [1.82, 2.24) is 14.8 Å². The van der Waals surface area contributed by atoms with E-state index in [-0.39, 0.29) is 24.3 Å². The molecule has 9 heteroatoms. The van der Waals surface area contributed by atoms with Crippen LogP contribution in [0.3, 0.4) is 0 Å². The van der Waals surface area contributed by atoms with Crippen LogP contribution in [0.2, 0.25) is 0 Å². The van der Waals surface area contributed by atoms with Gasteiger partial charge in [0.1, 0.15) is 23.9 Å². The second-order valence-electron chi connectivity index (χ2n) is 8.50. The van der Waals surface area contributed by atoms with Gasteiger partial charge in [0, 0.05) is 16.8 Å². The van der Waals surface area contributed by atoms with E-state index in [0.717, 1.165) is 16.9 Å². The molecule has 8 nitrogen and oxygen atoms in total. The van der Waals surface area contributed by atoms with Crippen molar-refractivity contribution < 1.29 is 23.4 Å². The molecule has 0 spiro atoms. The third-order valence-electron chi connectivity index (χ3n) is 5.94. The van der Waals surface area contributed by atoms with E-state index in [1.54, 1.807) is 67.4 Å². The van der Waals surface area contributed by atoms with Gasteiger partial charge in [0.2, 0.25) is 0 Å². The zero-order valence-electron chi connectivity index (χ0n) is 21.3. The standard InChI is InChI=1S/C30H25FN4O4/c1-37-26-15-5-21(6-16-26)28-33-30(39-19-20-3-9-23(31)10-4-20)34-35(28)25-13-11-24(12-14-25)32-29(36)22-7-17-27(38-2)18-8-22/h3-18H,19H2,1-2H3,(H,32,36). The molecule has 0 bridgehead atoms. The number of nitrogens with zero attached hydrogens (tertiary/aromatic N) is 3. The highest BCUT2D eigenvalue weighted by atomic mass is 19.1. The number of benzene rings is 4. The molecule has 5 aromatic rings. The molecule has 0 saturated heterocycles. The minimum Gasteiger partial charge on any atom is -0.497 e. The summed E-state index contributed by atoms with van der Waals surface area (Å²) in [5.41, 5.74) is 3.44. The molecule has 4 aromatic carbocycles. The Kier molecular flexibility index (Phi) is 7.49. The predicted molar refractivity (Wildman–Crippen MR) is 145 cm³/mol. The number of carbonyl (C=O) groups excluding carboxylic acids is 1. The smallest absolute Gasteiger partial charge is 0.336 e. The van der Waals surface area contributed by atoms with Crippen molar-refractivity contribution in [2.45, 2.75) is 6.61 Å². The number of methoxy groups -OCH3 is 2. The molecular weight excluding hydrogens is 499 g/mol. The summed E-state index contributed by atoms with van der Waals surface area (Å²) in [6.07, 6.45) is 0. The van der Waals surface area contributed by atoms with E-state index in [1.165, 1.54) is 12.1 Å². The van der Waals surface area contributed by atoms with Gasteiger partial charge in [0.15, 0.2) is 5.82 Å². The van der Waals surface area contributed by atoms with Gasteiger partial charge in [-0.3, -0.25) is 4.79 Å². The monoisotopic (exact) mass is 524 g/mol. The number of hydrogen-bond acceptors (Lipinski definition) is 6. The van der Waals surface area contributed by atoms with Gasteiger partial charge in [-0.2, -0.15) is 4.98 Å². The number of carbonyl (C=O) groups is 1. The van der Waals surface area contributed by atoms with Crippen LogP contribution in [0.5, 0.6) is 17.5 Å². The first-order chi connectivity index (χ1) is 19.0.